The van der Waals surface area contributed by atoms with Gasteiger partial charge in [0.1, 0.15) is 6.33 Å². The van der Waals surface area contributed by atoms with Gasteiger partial charge in [0.25, 0.3) is 0 Å². The number of imidazole rings is 1. The number of hydrogen-bond acceptors (Lipinski definition) is 2. The molecular weight excluding hydrogens is 214 g/mol. The predicted octanol–water partition coefficient (Wildman–Crippen LogP) is 3.05. The van der Waals surface area contributed by atoms with Gasteiger partial charge < -0.3 is 5.32 Å². The molecule has 4 nitrogen and oxygen atoms in total. The summed E-state index contributed by atoms with van der Waals surface area (Å²) in [6.07, 6.45) is 9.64. The van der Waals surface area contributed by atoms with Crippen LogP contribution >= 0.6 is 0 Å². The zero-order chi connectivity index (χ0) is 12.7. The molecule has 4 heteroatoms. The molecule has 0 spiro atoms. The molecule has 1 heterocycles. The molecule has 1 N–H and O–H groups in total. The highest BCUT2D eigenvalue weighted by molar-refractivity contribution is 5.76. The van der Waals surface area contributed by atoms with Crippen molar-refractivity contribution in [1.82, 2.24) is 14.9 Å². The maximum atomic E-state index is 11.7. The maximum absolute atomic E-state index is 11.7. The molecule has 0 aliphatic rings. The lowest BCUT2D eigenvalue weighted by molar-refractivity contribution is 0.232. The second-order valence-corrected chi connectivity index (χ2v) is 5.25. The van der Waals surface area contributed by atoms with Gasteiger partial charge in [-0.05, 0) is 11.8 Å². The molecule has 0 aromatic carbocycles. The molecule has 0 saturated heterocycles. The van der Waals surface area contributed by atoms with E-state index in [1.807, 2.05) is 0 Å². The Balaban J connectivity index is 2.31. The fraction of sp³-hybridized carbons (Fsp3) is 0.692. The fourth-order valence-corrected chi connectivity index (χ4v) is 1.73. The Morgan fingerprint density at radius 2 is 2.18 bits per heavy atom. The van der Waals surface area contributed by atoms with E-state index in [2.05, 4.69) is 31.1 Å². The molecule has 96 valence electrons. The first kappa shape index (κ1) is 13.7. The number of nitrogens with one attached hydrogen (secondary N) is 1. The topological polar surface area (TPSA) is 46.9 Å². The SMILES string of the molecule is CCCCCC(C)(C)CNC(=O)n1ccnc1. The van der Waals surface area contributed by atoms with Crippen molar-refractivity contribution in [2.45, 2.75) is 46.5 Å². The van der Waals surface area contributed by atoms with Gasteiger partial charge in [0.15, 0.2) is 0 Å². The van der Waals surface area contributed by atoms with E-state index >= 15 is 0 Å². The summed E-state index contributed by atoms with van der Waals surface area (Å²) in [4.78, 5) is 15.5. The molecule has 17 heavy (non-hydrogen) atoms. The van der Waals surface area contributed by atoms with E-state index in [-0.39, 0.29) is 11.4 Å². The summed E-state index contributed by atoms with van der Waals surface area (Å²) in [6.45, 7) is 7.29. The van der Waals surface area contributed by atoms with Crippen molar-refractivity contribution in [3.8, 4) is 0 Å². The van der Waals surface area contributed by atoms with Crippen LogP contribution in [0.5, 0.6) is 0 Å². The number of carbonyl (C=O) groups is 1. The summed E-state index contributed by atoms with van der Waals surface area (Å²) in [7, 11) is 0. The number of hydrogen-bond donors (Lipinski definition) is 1. The minimum atomic E-state index is -0.105. The molecule has 0 unspecified atom stereocenters. The number of carbonyl (C=O) groups excluding carboxylic acids is 1. The van der Waals surface area contributed by atoms with E-state index < -0.39 is 0 Å². The van der Waals surface area contributed by atoms with Crippen LogP contribution < -0.4 is 5.32 Å². The summed E-state index contributed by atoms with van der Waals surface area (Å²) in [5.41, 5.74) is 0.158. The van der Waals surface area contributed by atoms with Gasteiger partial charge in [0.2, 0.25) is 0 Å². The minimum Gasteiger partial charge on any atom is -0.337 e. The van der Waals surface area contributed by atoms with E-state index in [9.17, 15) is 4.79 Å². The van der Waals surface area contributed by atoms with Gasteiger partial charge in [-0.3, -0.25) is 4.57 Å². The van der Waals surface area contributed by atoms with Crippen molar-refractivity contribution in [3.63, 3.8) is 0 Å². The third kappa shape index (κ3) is 5.02. The monoisotopic (exact) mass is 237 g/mol. The number of rotatable bonds is 6. The van der Waals surface area contributed by atoms with Crippen LogP contribution in [0, 0.1) is 5.41 Å². The lowest BCUT2D eigenvalue weighted by atomic mass is 9.87. The van der Waals surface area contributed by atoms with Crippen LogP contribution in [0.3, 0.4) is 0 Å². The fourth-order valence-electron chi connectivity index (χ4n) is 1.73. The zero-order valence-electron chi connectivity index (χ0n) is 11.1. The molecule has 0 fully saturated rings. The van der Waals surface area contributed by atoms with Crippen molar-refractivity contribution >= 4 is 6.03 Å². The smallest absolute Gasteiger partial charge is 0.326 e. The Hall–Kier alpha value is -1.32. The van der Waals surface area contributed by atoms with Crippen molar-refractivity contribution in [2.75, 3.05) is 6.54 Å². The Bertz CT molecular complexity index is 330. The number of amides is 1. The summed E-state index contributed by atoms with van der Waals surface area (Å²) in [6, 6.07) is -0.105. The first-order valence-electron chi connectivity index (χ1n) is 6.31. The molecule has 0 aliphatic heterocycles. The zero-order valence-corrected chi connectivity index (χ0v) is 11.1. The average molecular weight is 237 g/mol. The van der Waals surface area contributed by atoms with E-state index in [0.29, 0.717) is 6.54 Å². The highest BCUT2D eigenvalue weighted by Crippen LogP contribution is 2.22. The molecule has 1 amide bonds. The van der Waals surface area contributed by atoms with E-state index in [0.717, 1.165) is 6.42 Å². The Morgan fingerprint density at radius 3 is 2.76 bits per heavy atom. The lowest BCUT2D eigenvalue weighted by Gasteiger charge is -2.24. The van der Waals surface area contributed by atoms with Gasteiger partial charge in [-0.1, -0.05) is 40.0 Å². The summed E-state index contributed by atoms with van der Waals surface area (Å²) >= 11 is 0. The largest absolute Gasteiger partial charge is 0.337 e. The molecule has 1 aromatic heterocycles. The van der Waals surface area contributed by atoms with Crippen molar-refractivity contribution in [1.29, 1.82) is 0 Å². The van der Waals surface area contributed by atoms with Gasteiger partial charge in [-0.25, -0.2) is 9.78 Å². The minimum absolute atomic E-state index is 0.105. The van der Waals surface area contributed by atoms with Crippen LogP contribution in [-0.2, 0) is 0 Å². The Kier molecular flexibility index (Phi) is 5.19. The molecule has 0 aliphatic carbocycles. The normalized spacial score (nSPS) is 11.5. The quantitative estimate of drug-likeness (QED) is 0.773. The second-order valence-electron chi connectivity index (χ2n) is 5.25. The van der Waals surface area contributed by atoms with Crippen molar-refractivity contribution in [2.24, 2.45) is 5.41 Å². The molecule has 1 aromatic rings. The Morgan fingerprint density at radius 1 is 1.41 bits per heavy atom. The third-order valence-electron chi connectivity index (χ3n) is 2.91. The first-order chi connectivity index (χ1) is 8.05. The van der Waals surface area contributed by atoms with Crippen LogP contribution in [0.4, 0.5) is 4.79 Å². The van der Waals surface area contributed by atoms with Crippen LogP contribution in [0.1, 0.15) is 46.5 Å². The van der Waals surface area contributed by atoms with Crippen molar-refractivity contribution < 1.29 is 4.79 Å². The van der Waals surface area contributed by atoms with Gasteiger partial charge in [-0.2, -0.15) is 0 Å². The van der Waals surface area contributed by atoms with Crippen LogP contribution in [-0.4, -0.2) is 22.1 Å². The standard InChI is InChI=1S/C13H23N3O/c1-4-5-6-7-13(2,3)10-15-12(17)16-9-8-14-11-16/h8-9,11H,4-7,10H2,1-3H3,(H,15,17). The predicted molar refractivity (Wildman–Crippen MR) is 68.9 cm³/mol. The van der Waals surface area contributed by atoms with Crippen LogP contribution in [0.25, 0.3) is 0 Å². The second kappa shape index (κ2) is 6.42. The highest BCUT2D eigenvalue weighted by Gasteiger charge is 2.18. The molecule has 1 rings (SSSR count). The van der Waals surface area contributed by atoms with Gasteiger partial charge in [0, 0.05) is 18.9 Å². The summed E-state index contributed by atoms with van der Waals surface area (Å²) < 4.78 is 1.46. The Labute approximate surface area is 103 Å². The number of nitrogens with zero attached hydrogens (tertiary/aromatic N) is 2. The van der Waals surface area contributed by atoms with Crippen molar-refractivity contribution in [3.05, 3.63) is 18.7 Å². The first-order valence-corrected chi connectivity index (χ1v) is 6.31. The number of unbranched alkanes of at least 4 members (excludes halogenated alkanes) is 2. The summed E-state index contributed by atoms with van der Waals surface area (Å²) in [5.74, 6) is 0. The molecule has 0 saturated carbocycles. The van der Waals surface area contributed by atoms with Gasteiger partial charge in [0.05, 0.1) is 0 Å². The van der Waals surface area contributed by atoms with E-state index in [1.165, 1.54) is 30.2 Å². The van der Waals surface area contributed by atoms with Gasteiger partial charge in [-0.15, -0.1) is 0 Å². The van der Waals surface area contributed by atoms with Crippen LogP contribution in [0.15, 0.2) is 18.7 Å². The molecule has 0 radical (unpaired) electrons. The maximum Gasteiger partial charge on any atom is 0.326 e. The lowest BCUT2D eigenvalue weighted by Crippen LogP contribution is -2.36. The number of aromatic nitrogens is 2. The van der Waals surface area contributed by atoms with Gasteiger partial charge >= 0.3 is 6.03 Å². The molecular formula is C13H23N3O. The van der Waals surface area contributed by atoms with Crippen LogP contribution in [0.2, 0.25) is 0 Å². The summed E-state index contributed by atoms with van der Waals surface area (Å²) in [5, 5.41) is 2.94. The average Bonchev–Trinajstić information content (AvgIpc) is 2.80. The highest BCUT2D eigenvalue weighted by atomic mass is 16.2. The molecule has 0 bridgehead atoms. The van der Waals surface area contributed by atoms with E-state index in [4.69, 9.17) is 0 Å². The van der Waals surface area contributed by atoms with E-state index in [1.54, 1.807) is 12.4 Å². The molecule has 0 atom stereocenters. The third-order valence-corrected chi connectivity index (χ3v) is 2.91.